The second-order valence-corrected chi connectivity index (χ2v) is 3.05. The van der Waals surface area contributed by atoms with E-state index < -0.39 is 0 Å². The van der Waals surface area contributed by atoms with Crippen LogP contribution in [0.4, 0.5) is 0 Å². The quantitative estimate of drug-likeness (QED) is 0.479. The molecule has 0 amide bonds. The Labute approximate surface area is 51.6 Å². The summed E-state index contributed by atoms with van der Waals surface area (Å²) in [5.74, 6) is 1.81. The zero-order valence-corrected chi connectivity index (χ0v) is 5.72. The molecule has 0 spiro atoms. The molecule has 0 fully saturated rings. The summed E-state index contributed by atoms with van der Waals surface area (Å²) in [6, 6.07) is 0. The van der Waals surface area contributed by atoms with Crippen LogP contribution in [0.2, 0.25) is 0 Å². The van der Waals surface area contributed by atoms with Gasteiger partial charge in [0, 0.05) is 0 Å². The Bertz CT molecular complexity index is 90.2. The van der Waals surface area contributed by atoms with Crippen LogP contribution in [0, 0.1) is 11.8 Å². The first-order valence-electron chi connectivity index (χ1n) is 3.45. The highest BCUT2D eigenvalue weighted by molar-refractivity contribution is 5.01. The smallest absolute Gasteiger partial charge is 0.0196 e. The van der Waals surface area contributed by atoms with Gasteiger partial charge in [-0.15, -0.1) is 0 Å². The van der Waals surface area contributed by atoms with E-state index in [0.717, 1.165) is 11.8 Å². The van der Waals surface area contributed by atoms with Crippen molar-refractivity contribution in [2.45, 2.75) is 26.7 Å². The molecule has 0 radical (unpaired) electrons. The Hall–Kier alpha value is -0.260. The molecule has 1 aliphatic rings. The van der Waals surface area contributed by atoms with Gasteiger partial charge in [0.15, 0.2) is 0 Å². The van der Waals surface area contributed by atoms with E-state index in [1.165, 1.54) is 12.8 Å². The van der Waals surface area contributed by atoms with E-state index in [9.17, 15) is 0 Å². The van der Waals surface area contributed by atoms with E-state index in [2.05, 4.69) is 26.0 Å². The lowest BCUT2D eigenvalue weighted by Crippen LogP contribution is -2.05. The Kier molecular flexibility index (Phi) is 1.72. The van der Waals surface area contributed by atoms with Crippen LogP contribution in [0.15, 0.2) is 12.2 Å². The average molecular weight is 110 g/mol. The van der Waals surface area contributed by atoms with Gasteiger partial charge in [-0.3, -0.25) is 0 Å². The fraction of sp³-hybridized carbons (Fsp3) is 0.750. The molecular weight excluding hydrogens is 96.1 g/mol. The molecule has 0 aromatic rings. The zero-order chi connectivity index (χ0) is 5.98. The van der Waals surface area contributed by atoms with Gasteiger partial charge in [0.2, 0.25) is 0 Å². The molecule has 8 heavy (non-hydrogen) atoms. The van der Waals surface area contributed by atoms with E-state index in [1.54, 1.807) is 0 Å². The lowest BCUT2D eigenvalue weighted by molar-refractivity contribution is 0.455. The molecule has 0 saturated carbocycles. The largest absolute Gasteiger partial charge is 0.0877 e. The Morgan fingerprint density at radius 1 is 1.62 bits per heavy atom. The number of hydrogen-bond donors (Lipinski definition) is 0. The van der Waals surface area contributed by atoms with Crippen molar-refractivity contribution in [2.24, 2.45) is 11.8 Å². The molecule has 0 nitrogen and oxygen atoms in total. The third-order valence-corrected chi connectivity index (χ3v) is 1.62. The number of rotatable bonds is 2. The normalized spacial score (nSPS) is 26.1. The van der Waals surface area contributed by atoms with Gasteiger partial charge in [0.25, 0.3) is 0 Å². The summed E-state index contributed by atoms with van der Waals surface area (Å²) in [4.78, 5) is 0. The molecule has 0 aliphatic heterocycles. The maximum absolute atomic E-state index is 2.32. The first kappa shape index (κ1) is 5.87. The second-order valence-electron chi connectivity index (χ2n) is 3.05. The second kappa shape index (κ2) is 2.34. The number of allylic oxidation sites excluding steroid dienone is 2. The van der Waals surface area contributed by atoms with Crippen molar-refractivity contribution >= 4 is 0 Å². The summed E-state index contributed by atoms with van der Waals surface area (Å²) in [5.41, 5.74) is 0. The highest BCUT2D eigenvalue weighted by Crippen LogP contribution is 2.23. The third-order valence-electron chi connectivity index (χ3n) is 1.62. The SMILES string of the molecule is CC(C)CC1C=CC1. The van der Waals surface area contributed by atoms with Crippen LogP contribution < -0.4 is 0 Å². The van der Waals surface area contributed by atoms with Crippen LogP contribution in [0.5, 0.6) is 0 Å². The number of hydrogen-bond acceptors (Lipinski definition) is 0. The lowest BCUT2D eigenvalue weighted by atomic mass is 9.87. The van der Waals surface area contributed by atoms with E-state index in [-0.39, 0.29) is 0 Å². The maximum Gasteiger partial charge on any atom is -0.0196 e. The third kappa shape index (κ3) is 1.36. The van der Waals surface area contributed by atoms with E-state index in [0.29, 0.717) is 0 Å². The molecule has 1 unspecified atom stereocenters. The highest BCUT2D eigenvalue weighted by atomic mass is 14.2. The molecule has 1 atom stereocenters. The first-order valence-corrected chi connectivity index (χ1v) is 3.45. The van der Waals surface area contributed by atoms with Crippen LogP contribution in [0.25, 0.3) is 0 Å². The minimum absolute atomic E-state index is 0.880. The molecule has 0 bridgehead atoms. The molecule has 0 heterocycles. The van der Waals surface area contributed by atoms with Gasteiger partial charge in [0.1, 0.15) is 0 Å². The zero-order valence-electron chi connectivity index (χ0n) is 5.72. The van der Waals surface area contributed by atoms with Gasteiger partial charge in [-0.25, -0.2) is 0 Å². The molecule has 0 saturated heterocycles. The van der Waals surface area contributed by atoms with Crippen LogP contribution in [0.3, 0.4) is 0 Å². The summed E-state index contributed by atoms with van der Waals surface area (Å²) in [7, 11) is 0. The molecule has 0 N–H and O–H groups in total. The van der Waals surface area contributed by atoms with Gasteiger partial charge < -0.3 is 0 Å². The Morgan fingerprint density at radius 3 is 2.38 bits per heavy atom. The topological polar surface area (TPSA) is 0 Å². The highest BCUT2D eigenvalue weighted by Gasteiger charge is 2.10. The molecular formula is C8H14. The van der Waals surface area contributed by atoms with Crippen molar-refractivity contribution in [3.63, 3.8) is 0 Å². The Morgan fingerprint density at radius 2 is 2.25 bits per heavy atom. The van der Waals surface area contributed by atoms with Crippen molar-refractivity contribution in [1.82, 2.24) is 0 Å². The van der Waals surface area contributed by atoms with Gasteiger partial charge >= 0.3 is 0 Å². The minimum atomic E-state index is 0.880. The van der Waals surface area contributed by atoms with Crippen LogP contribution in [0.1, 0.15) is 26.7 Å². The predicted molar refractivity (Wildman–Crippen MR) is 36.7 cm³/mol. The van der Waals surface area contributed by atoms with Crippen molar-refractivity contribution in [3.05, 3.63) is 12.2 Å². The van der Waals surface area contributed by atoms with Gasteiger partial charge in [0.05, 0.1) is 0 Å². The molecule has 1 rings (SSSR count). The van der Waals surface area contributed by atoms with Crippen LogP contribution in [-0.4, -0.2) is 0 Å². The lowest BCUT2D eigenvalue weighted by Gasteiger charge is -2.18. The van der Waals surface area contributed by atoms with Crippen LogP contribution >= 0.6 is 0 Å². The summed E-state index contributed by atoms with van der Waals surface area (Å²) in [6.45, 7) is 4.57. The summed E-state index contributed by atoms with van der Waals surface area (Å²) < 4.78 is 0. The molecule has 0 aromatic carbocycles. The first-order chi connectivity index (χ1) is 3.79. The molecule has 46 valence electrons. The standard InChI is InChI=1S/C8H14/c1-7(2)6-8-4-3-5-8/h3-4,7-8H,5-6H2,1-2H3. The average Bonchev–Trinajstić information content (AvgIpc) is 1.55. The van der Waals surface area contributed by atoms with E-state index in [1.807, 2.05) is 0 Å². The van der Waals surface area contributed by atoms with Crippen molar-refractivity contribution in [2.75, 3.05) is 0 Å². The fourth-order valence-corrected chi connectivity index (χ4v) is 1.11. The van der Waals surface area contributed by atoms with E-state index >= 15 is 0 Å². The van der Waals surface area contributed by atoms with Gasteiger partial charge in [-0.1, -0.05) is 26.0 Å². The van der Waals surface area contributed by atoms with Crippen molar-refractivity contribution in [1.29, 1.82) is 0 Å². The summed E-state index contributed by atoms with van der Waals surface area (Å²) >= 11 is 0. The van der Waals surface area contributed by atoms with Crippen LogP contribution in [-0.2, 0) is 0 Å². The summed E-state index contributed by atoms with van der Waals surface area (Å²) in [6.07, 6.45) is 7.29. The minimum Gasteiger partial charge on any atom is -0.0877 e. The van der Waals surface area contributed by atoms with Crippen molar-refractivity contribution in [3.8, 4) is 0 Å². The predicted octanol–water partition coefficient (Wildman–Crippen LogP) is 2.61. The molecule has 0 heteroatoms. The summed E-state index contributed by atoms with van der Waals surface area (Å²) in [5, 5.41) is 0. The fourth-order valence-electron chi connectivity index (χ4n) is 1.11. The van der Waals surface area contributed by atoms with Crippen molar-refractivity contribution < 1.29 is 0 Å². The molecule has 0 aromatic heterocycles. The maximum atomic E-state index is 2.32. The monoisotopic (exact) mass is 110 g/mol. The van der Waals surface area contributed by atoms with E-state index in [4.69, 9.17) is 0 Å². The Balaban J connectivity index is 2.11. The van der Waals surface area contributed by atoms with Gasteiger partial charge in [-0.05, 0) is 24.7 Å². The van der Waals surface area contributed by atoms with Gasteiger partial charge in [-0.2, -0.15) is 0 Å². The molecule has 1 aliphatic carbocycles.